The molecule has 0 N–H and O–H groups in total. The predicted octanol–water partition coefficient (Wildman–Crippen LogP) is 5.80. The summed E-state index contributed by atoms with van der Waals surface area (Å²) < 4.78 is 6.62. The topological polar surface area (TPSA) is 45.7 Å². The number of aryl methyl sites for hydroxylation is 2. The van der Waals surface area contributed by atoms with Gasteiger partial charge in [-0.25, -0.2) is 4.98 Å². The molecule has 3 aromatic carbocycles. The molecular weight excluding hydrogens is 466 g/mol. The molecule has 1 amide bonds. The summed E-state index contributed by atoms with van der Waals surface area (Å²) in [5.41, 5.74) is 5.39. The highest BCUT2D eigenvalue weighted by atomic mass is 32.1. The van der Waals surface area contributed by atoms with Crippen LogP contribution in [0.1, 0.15) is 34.6 Å². The first-order valence-electron chi connectivity index (χ1n) is 12.7. The molecule has 0 atom stereocenters. The SMILES string of the molecule is Cc1ccc2sc(N(CCCN3CCOCC3)C(=O)C(c3ccccc3)c3ccccc3)nc2c1C. The van der Waals surface area contributed by atoms with Gasteiger partial charge in [0.1, 0.15) is 0 Å². The quantitative estimate of drug-likeness (QED) is 0.307. The number of fused-ring (bicyclic) bond motifs is 1. The second kappa shape index (κ2) is 11.3. The number of benzene rings is 3. The summed E-state index contributed by atoms with van der Waals surface area (Å²) in [6, 6.07) is 24.5. The zero-order valence-electron chi connectivity index (χ0n) is 21.0. The van der Waals surface area contributed by atoms with E-state index in [1.165, 1.54) is 11.1 Å². The van der Waals surface area contributed by atoms with Crippen LogP contribution in [0.15, 0.2) is 72.8 Å². The van der Waals surface area contributed by atoms with E-state index in [2.05, 4.69) is 30.9 Å². The lowest BCUT2D eigenvalue weighted by Crippen LogP contribution is -2.40. The number of ether oxygens (including phenoxy) is 1. The molecule has 0 saturated carbocycles. The van der Waals surface area contributed by atoms with E-state index >= 15 is 0 Å². The Labute approximate surface area is 217 Å². The van der Waals surface area contributed by atoms with Crippen molar-refractivity contribution < 1.29 is 9.53 Å². The Morgan fingerprint density at radius 1 is 0.972 bits per heavy atom. The van der Waals surface area contributed by atoms with Gasteiger partial charge in [-0.15, -0.1) is 0 Å². The van der Waals surface area contributed by atoms with Crippen molar-refractivity contribution in [3.8, 4) is 0 Å². The maximum absolute atomic E-state index is 14.4. The molecule has 0 aliphatic carbocycles. The predicted molar refractivity (Wildman–Crippen MR) is 148 cm³/mol. The van der Waals surface area contributed by atoms with Crippen molar-refractivity contribution in [2.75, 3.05) is 44.3 Å². The van der Waals surface area contributed by atoms with Crippen LogP contribution in [0.25, 0.3) is 10.2 Å². The molecule has 2 heterocycles. The number of amides is 1. The van der Waals surface area contributed by atoms with Crippen molar-refractivity contribution in [2.24, 2.45) is 0 Å². The Morgan fingerprint density at radius 3 is 2.25 bits per heavy atom. The number of aromatic nitrogens is 1. The van der Waals surface area contributed by atoms with Gasteiger partial charge in [0.15, 0.2) is 5.13 Å². The highest BCUT2D eigenvalue weighted by molar-refractivity contribution is 7.22. The lowest BCUT2D eigenvalue weighted by molar-refractivity contribution is -0.119. The van der Waals surface area contributed by atoms with Gasteiger partial charge in [0.05, 0.1) is 29.3 Å². The number of hydrogen-bond donors (Lipinski definition) is 0. The fourth-order valence-corrected chi connectivity index (χ4v) is 5.89. The maximum Gasteiger partial charge on any atom is 0.240 e. The van der Waals surface area contributed by atoms with Gasteiger partial charge in [0.25, 0.3) is 0 Å². The highest BCUT2D eigenvalue weighted by Gasteiger charge is 2.30. The second-order valence-electron chi connectivity index (χ2n) is 9.40. The number of carbonyl (C=O) groups is 1. The molecule has 0 bridgehead atoms. The van der Waals surface area contributed by atoms with Gasteiger partial charge in [0.2, 0.25) is 5.91 Å². The van der Waals surface area contributed by atoms with Crippen molar-refractivity contribution >= 4 is 32.6 Å². The highest BCUT2D eigenvalue weighted by Crippen LogP contribution is 2.35. The van der Waals surface area contributed by atoms with Crippen LogP contribution in [-0.2, 0) is 9.53 Å². The molecule has 1 fully saturated rings. The molecule has 186 valence electrons. The third kappa shape index (κ3) is 5.36. The van der Waals surface area contributed by atoms with Crippen LogP contribution in [-0.4, -0.2) is 55.2 Å². The third-order valence-electron chi connectivity index (χ3n) is 7.04. The summed E-state index contributed by atoms with van der Waals surface area (Å²) in [5, 5.41) is 0.780. The second-order valence-corrected chi connectivity index (χ2v) is 10.4. The summed E-state index contributed by atoms with van der Waals surface area (Å²) in [4.78, 5) is 23.8. The fourth-order valence-electron chi connectivity index (χ4n) is 4.83. The van der Waals surface area contributed by atoms with Gasteiger partial charge in [-0.1, -0.05) is 78.1 Å². The molecule has 6 heteroatoms. The van der Waals surface area contributed by atoms with E-state index in [0.29, 0.717) is 6.54 Å². The van der Waals surface area contributed by atoms with E-state index in [1.54, 1.807) is 11.3 Å². The molecule has 5 nitrogen and oxygen atoms in total. The smallest absolute Gasteiger partial charge is 0.240 e. The number of morpholine rings is 1. The summed E-state index contributed by atoms with van der Waals surface area (Å²) >= 11 is 1.61. The summed E-state index contributed by atoms with van der Waals surface area (Å²) in [6.45, 7) is 9.25. The summed E-state index contributed by atoms with van der Waals surface area (Å²) in [7, 11) is 0. The molecule has 1 aliphatic rings. The first-order chi connectivity index (χ1) is 17.6. The average molecular weight is 500 g/mol. The Hall–Kier alpha value is -3.06. The third-order valence-corrected chi connectivity index (χ3v) is 8.09. The number of hydrogen-bond acceptors (Lipinski definition) is 5. The van der Waals surface area contributed by atoms with E-state index in [1.807, 2.05) is 65.6 Å². The number of nitrogens with zero attached hydrogens (tertiary/aromatic N) is 3. The summed E-state index contributed by atoms with van der Waals surface area (Å²) in [6.07, 6.45) is 0.885. The molecular formula is C30H33N3O2S. The van der Waals surface area contributed by atoms with Crippen LogP contribution in [0.5, 0.6) is 0 Å². The minimum Gasteiger partial charge on any atom is -0.379 e. The molecule has 0 unspecified atom stereocenters. The molecule has 1 saturated heterocycles. The largest absolute Gasteiger partial charge is 0.379 e. The lowest BCUT2D eigenvalue weighted by Gasteiger charge is -2.29. The Morgan fingerprint density at radius 2 is 1.61 bits per heavy atom. The Kier molecular flexibility index (Phi) is 7.75. The number of rotatable bonds is 8. The zero-order chi connectivity index (χ0) is 24.9. The Bertz CT molecular complexity index is 1260. The average Bonchev–Trinajstić information content (AvgIpc) is 3.35. The molecule has 1 aliphatic heterocycles. The van der Waals surface area contributed by atoms with E-state index in [-0.39, 0.29) is 11.8 Å². The minimum absolute atomic E-state index is 0.0720. The Balaban J connectivity index is 1.50. The van der Waals surface area contributed by atoms with Crippen LogP contribution < -0.4 is 4.90 Å². The van der Waals surface area contributed by atoms with E-state index < -0.39 is 0 Å². The monoisotopic (exact) mass is 499 g/mol. The molecule has 36 heavy (non-hydrogen) atoms. The zero-order valence-corrected chi connectivity index (χ0v) is 21.8. The maximum atomic E-state index is 14.4. The van der Waals surface area contributed by atoms with Gasteiger partial charge in [0, 0.05) is 26.2 Å². The number of thiazole rings is 1. The van der Waals surface area contributed by atoms with Crippen LogP contribution in [0, 0.1) is 13.8 Å². The van der Waals surface area contributed by atoms with Gasteiger partial charge < -0.3 is 4.74 Å². The normalized spacial score (nSPS) is 14.4. The standard InChI is InChI=1S/C30H33N3O2S/c1-22-14-15-26-28(23(22)2)31-30(36-26)33(17-9-16-32-18-20-35-21-19-32)29(34)27(24-10-5-3-6-11-24)25-12-7-4-8-13-25/h3-8,10-15,27H,9,16-21H2,1-2H3. The molecule has 0 spiro atoms. The first kappa shape index (κ1) is 24.6. The number of carbonyl (C=O) groups excluding carboxylic acids is 1. The van der Waals surface area contributed by atoms with E-state index in [4.69, 9.17) is 9.72 Å². The van der Waals surface area contributed by atoms with Gasteiger partial charge in [-0.3, -0.25) is 14.6 Å². The van der Waals surface area contributed by atoms with Gasteiger partial charge in [-0.2, -0.15) is 0 Å². The van der Waals surface area contributed by atoms with Crippen LogP contribution in [0.4, 0.5) is 5.13 Å². The van der Waals surface area contributed by atoms with Crippen molar-refractivity contribution in [2.45, 2.75) is 26.2 Å². The van der Waals surface area contributed by atoms with E-state index in [0.717, 1.165) is 65.7 Å². The van der Waals surface area contributed by atoms with Crippen molar-refractivity contribution in [1.82, 2.24) is 9.88 Å². The van der Waals surface area contributed by atoms with Gasteiger partial charge in [-0.05, 0) is 48.6 Å². The van der Waals surface area contributed by atoms with Crippen LogP contribution >= 0.6 is 11.3 Å². The molecule has 4 aromatic rings. The molecule has 5 rings (SSSR count). The van der Waals surface area contributed by atoms with Crippen molar-refractivity contribution in [1.29, 1.82) is 0 Å². The summed E-state index contributed by atoms with van der Waals surface area (Å²) in [5.74, 6) is -0.312. The fraction of sp³-hybridized carbons (Fsp3) is 0.333. The van der Waals surface area contributed by atoms with Crippen LogP contribution in [0.3, 0.4) is 0 Å². The lowest BCUT2D eigenvalue weighted by atomic mass is 9.90. The number of anilines is 1. The van der Waals surface area contributed by atoms with E-state index in [9.17, 15) is 4.79 Å². The minimum atomic E-state index is -0.384. The van der Waals surface area contributed by atoms with Gasteiger partial charge >= 0.3 is 0 Å². The molecule has 1 aromatic heterocycles. The van der Waals surface area contributed by atoms with Crippen LogP contribution in [0.2, 0.25) is 0 Å². The van der Waals surface area contributed by atoms with Crippen molar-refractivity contribution in [3.63, 3.8) is 0 Å². The molecule has 0 radical (unpaired) electrons. The first-order valence-corrected chi connectivity index (χ1v) is 13.5. The van der Waals surface area contributed by atoms with Crippen molar-refractivity contribution in [3.05, 3.63) is 95.1 Å².